The molecule has 5 heteroatoms. The lowest BCUT2D eigenvalue weighted by Gasteiger charge is -2.24. The predicted molar refractivity (Wildman–Crippen MR) is 87.8 cm³/mol. The maximum atomic E-state index is 9.34. The van der Waals surface area contributed by atoms with E-state index in [4.69, 9.17) is 0 Å². The van der Waals surface area contributed by atoms with Gasteiger partial charge in [0, 0.05) is 11.9 Å². The number of aliphatic hydroxyl groups excluding tert-OH is 1. The molecule has 0 amide bonds. The Kier molecular flexibility index (Phi) is 3.86. The minimum absolute atomic E-state index is 0.0168. The van der Waals surface area contributed by atoms with E-state index in [9.17, 15) is 5.11 Å². The molecular formula is C16H17N3OS. The van der Waals surface area contributed by atoms with Crippen LogP contribution in [0.4, 0.5) is 5.82 Å². The van der Waals surface area contributed by atoms with Gasteiger partial charge in [0.25, 0.3) is 0 Å². The summed E-state index contributed by atoms with van der Waals surface area (Å²) >= 11 is 1.66. The van der Waals surface area contributed by atoms with Crippen molar-refractivity contribution in [1.29, 1.82) is 0 Å². The van der Waals surface area contributed by atoms with Crippen molar-refractivity contribution in [2.24, 2.45) is 0 Å². The zero-order valence-corrected chi connectivity index (χ0v) is 12.8. The van der Waals surface area contributed by atoms with Gasteiger partial charge in [-0.15, -0.1) is 11.3 Å². The first-order valence-electron chi connectivity index (χ1n) is 6.84. The van der Waals surface area contributed by atoms with Crippen LogP contribution in [-0.4, -0.2) is 34.8 Å². The summed E-state index contributed by atoms with van der Waals surface area (Å²) in [5.41, 5.74) is 1.18. The first kappa shape index (κ1) is 14.0. The van der Waals surface area contributed by atoms with Crippen LogP contribution >= 0.6 is 11.3 Å². The van der Waals surface area contributed by atoms with E-state index < -0.39 is 0 Å². The molecule has 0 aliphatic heterocycles. The van der Waals surface area contributed by atoms with Crippen molar-refractivity contribution in [2.45, 2.75) is 13.0 Å². The van der Waals surface area contributed by atoms with Gasteiger partial charge in [0.2, 0.25) is 0 Å². The van der Waals surface area contributed by atoms with E-state index in [1.165, 1.54) is 10.4 Å². The van der Waals surface area contributed by atoms with Crippen molar-refractivity contribution < 1.29 is 5.11 Å². The summed E-state index contributed by atoms with van der Waals surface area (Å²) in [7, 11) is 1.95. The Bertz CT molecular complexity index is 742. The maximum Gasteiger partial charge on any atom is 0.140 e. The van der Waals surface area contributed by atoms with Crippen molar-refractivity contribution in [1.82, 2.24) is 9.97 Å². The summed E-state index contributed by atoms with van der Waals surface area (Å²) in [5, 5.41) is 10.4. The molecule has 0 unspecified atom stereocenters. The summed E-state index contributed by atoms with van der Waals surface area (Å²) in [4.78, 5) is 12.9. The molecule has 0 aliphatic carbocycles. The van der Waals surface area contributed by atoms with E-state index in [1.807, 2.05) is 37.1 Å². The second-order valence-electron chi connectivity index (χ2n) is 5.04. The van der Waals surface area contributed by atoms with Gasteiger partial charge >= 0.3 is 0 Å². The van der Waals surface area contributed by atoms with E-state index >= 15 is 0 Å². The van der Waals surface area contributed by atoms with E-state index in [0.29, 0.717) is 0 Å². The predicted octanol–water partition coefficient (Wildman–Crippen LogP) is 3.18. The number of anilines is 1. The van der Waals surface area contributed by atoms with Crippen LogP contribution in [0, 0.1) is 0 Å². The third-order valence-corrected chi connectivity index (χ3v) is 4.72. The average molecular weight is 299 g/mol. The Balaban J connectivity index is 2.10. The number of nitrogens with zero attached hydrogens (tertiary/aromatic N) is 3. The molecule has 0 fully saturated rings. The summed E-state index contributed by atoms with van der Waals surface area (Å²) in [6.45, 7) is 2.07. The van der Waals surface area contributed by atoms with Crippen LogP contribution in [0.2, 0.25) is 0 Å². The standard InChI is InChI=1S/C16H17N3OS/c1-11(9-20)19(2)15-13-8-14(12-6-4-3-5-7-12)21-16(13)18-10-17-15/h3-8,10-11,20H,9H2,1-2H3/t11-/m0/s1. The molecule has 3 aromatic rings. The van der Waals surface area contributed by atoms with Crippen molar-refractivity contribution in [2.75, 3.05) is 18.6 Å². The highest BCUT2D eigenvalue weighted by Crippen LogP contribution is 2.35. The number of aliphatic hydroxyl groups is 1. The number of likely N-dealkylation sites (N-methyl/N-ethyl adjacent to an activating group) is 1. The smallest absolute Gasteiger partial charge is 0.140 e. The summed E-state index contributed by atoms with van der Waals surface area (Å²) < 4.78 is 0. The van der Waals surface area contributed by atoms with Gasteiger partial charge in [-0.2, -0.15) is 0 Å². The highest BCUT2D eigenvalue weighted by atomic mass is 32.1. The first-order chi connectivity index (χ1) is 10.2. The number of fused-ring (bicyclic) bond motifs is 1. The Morgan fingerprint density at radius 3 is 2.71 bits per heavy atom. The largest absolute Gasteiger partial charge is 0.394 e. The molecule has 0 saturated carbocycles. The second kappa shape index (κ2) is 5.79. The normalized spacial score (nSPS) is 12.5. The average Bonchev–Trinajstić information content (AvgIpc) is 2.98. The lowest BCUT2D eigenvalue weighted by Crippen LogP contribution is -2.32. The lowest BCUT2D eigenvalue weighted by atomic mass is 10.2. The van der Waals surface area contributed by atoms with Crippen LogP contribution in [-0.2, 0) is 0 Å². The van der Waals surface area contributed by atoms with Gasteiger partial charge in [0.1, 0.15) is 17.0 Å². The van der Waals surface area contributed by atoms with Crippen LogP contribution in [0.3, 0.4) is 0 Å². The molecular weight excluding hydrogens is 282 g/mol. The molecule has 1 atom stereocenters. The van der Waals surface area contributed by atoms with Gasteiger partial charge in [0.05, 0.1) is 18.0 Å². The summed E-state index contributed by atoms with van der Waals surface area (Å²) in [5.74, 6) is 0.861. The first-order valence-corrected chi connectivity index (χ1v) is 7.66. The van der Waals surface area contributed by atoms with Gasteiger partial charge < -0.3 is 10.0 Å². The summed E-state index contributed by atoms with van der Waals surface area (Å²) in [6.07, 6.45) is 1.59. The fraction of sp³-hybridized carbons (Fsp3) is 0.250. The Labute approximate surface area is 127 Å². The second-order valence-corrected chi connectivity index (χ2v) is 6.07. The van der Waals surface area contributed by atoms with Crippen LogP contribution in [0.25, 0.3) is 20.7 Å². The van der Waals surface area contributed by atoms with Gasteiger partial charge in [-0.1, -0.05) is 30.3 Å². The van der Waals surface area contributed by atoms with Crippen molar-refractivity contribution in [3.05, 3.63) is 42.7 Å². The minimum Gasteiger partial charge on any atom is -0.394 e. The molecule has 0 spiro atoms. The van der Waals surface area contributed by atoms with Crippen molar-refractivity contribution in [3.63, 3.8) is 0 Å². The molecule has 1 N–H and O–H groups in total. The topological polar surface area (TPSA) is 49.2 Å². The molecule has 2 aromatic heterocycles. The molecule has 0 saturated heterocycles. The Morgan fingerprint density at radius 1 is 1.24 bits per heavy atom. The van der Waals surface area contributed by atoms with Crippen LogP contribution in [0.1, 0.15) is 6.92 Å². The van der Waals surface area contributed by atoms with E-state index in [0.717, 1.165) is 16.0 Å². The monoisotopic (exact) mass is 299 g/mol. The molecule has 108 valence electrons. The molecule has 4 nitrogen and oxygen atoms in total. The molecule has 0 radical (unpaired) electrons. The van der Waals surface area contributed by atoms with Gasteiger partial charge in [-0.3, -0.25) is 0 Å². The number of rotatable bonds is 4. The minimum atomic E-state index is 0.0168. The Hall–Kier alpha value is -1.98. The molecule has 1 aromatic carbocycles. The molecule has 21 heavy (non-hydrogen) atoms. The van der Waals surface area contributed by atoms with Gasteiger partial charge in [-0.05, 0) is 18.6 Å². The highest BCUT2D eigenvalue weighted by Gasteiger charge is 2.16. The van der Waals surface area contributed by atoms with Crippen molar-refractivity contribution in [3.8, 4) is 10.4 Å². The van der Waals surface area contributed by atoms with E-state index in [-0.39, 0.29) is 12.6 Å². The third-order valence-electron chi connectivity index (χ3n) is 3.63. The van der Waals surface area contributed by atoms with Gasteiger partial charge in [-0.25, -0.2) is 9.97 Å². The van der Waals surface area contributed by atoms with Crippen LogP contribution in [0.5, 0.6) is 0 Å². The number of thiophene rings is 1. The van der Waals surface area contributed by atoms with Crippen molar-refractivity contribution >= 4 is 27.4 Å². The Morgan fingerprint density at radius 2 is 2.00 bits per heavy atom. The lowest BCUT2D eigenvalue weighted by molar-refractivity contribution is 0.270. The van der Waals surface area contributed by atoms with E-state index in [2.05, 4.69) is 28.2 Å². The quantitative estimate of drug-likeness (QED) is 0.804. The number of hydrogen-bond donors (Lipinski definition) is 1. The summed E-state index contributed by atoms with van der Waals surface area (Å²) in [6, 6.07) is 12.4. The van der Waals surface area contributed by atoms with Gasteiger partial charge in [0.15, 0.2) is 0 Å². The maximum absolute atomic E-state index is 9.34. The molecule has 0 bridgehead atoms. The fourth-order valence-electron chi connectivity index (χ4n) is 2.20. The molecule has 0 aliphatic rings. The highest BCUT2D eigenvalue weighted by molar-refractivity contribution is 7.21. The third kappa shape index (κ3) is 2.62. The fourth-order valence-corrected chi connectivity index (χ4v) is 3.20. The zero-order chi connectivity index (χ0) is 14.8. The van der Waals surface area contributed by atoms with Crippen LogP contribution < -0.4 is 4.90 Å². The SMILES string of the molecule is C[C@@H](CO)N(C)c1ncnc2sc(-c3ccccc3)cc12. The molecule has 3 rings (SSSR count). The van der Waals surface area contributed by atoms with E-state index in [1.54, 1.807) is 17.7 Å². The number of benzene rings is 1. The van der Waals surface area contributed by atoms with Crippen LogP contribution in [0.15, 0.2) is 42.7 Å². The number of hydrogen-bond acceptors (Lipinski definition) is 5. The zero-order valence-electron chi connectivity index (χ0n) is 12.0. The molecule has 2 heterocycles. The number of aromatic nitrogens is 2.